The van der Waals surface area contributed by atoms with Crippen LogP contribution in [0.25, 0.3) is 0 Å². The maximum absolute atomic E-state index is 12.3. The third kappa shape index (κ3) is 5.18. The van der Waals surface area contributed by atoms with Crippen molar-refractivity contribution in [2.45, 2.75) is 25.8 Å². The fourth-order valence-corrected chi connectivity index (χ4v) is 2.97. The van der Waals surface area contributed by atoms with Gasteiger partial charge in [0.2, 0.25) is 0 Å². The quantitative estimate of drug-likeness (QED) is 0.634. The molecule has 0 radical (unpaired) electrons. The largest absolute Gasteiger partial charge is 0.383 e. The van der Waals surface area contributed by atoms with Crippen molar-refractivity contribution >= 4 is 23.2 Å². The Bertz CT molecular complexity index is 542. The van der Waals surface area contributed by atoms with Gasteiger partial charge in [-0.3, -0.25) is 4.79 Å². The minimum absolute atomic E-state index is 0.0161. The van der Waals surface area contributed by atoms with Gasteiger partial charge >= 0.3 is 0 Å². The molecule has 1 saturated heterocycles. The lowest BCUT2D eigenvalue weighted by Gasteiger charge is -2.34. The van der Waals surface area contributed by atoms with Gasteiger partial charge in [0.25, 0.3) is 5.91 Å². The number of nitrogens with one attached hydrogen (secondary N) is 2. The van der Waals surface area contributed by atoms with E-state index in [1.807, 2.05) is 31.2 Å². The number of carbonyl (C=O) groups excluding carboxylic acids is 1. The number of nitrogens with zero attached hydrogens (tertiary/aromatic N) is 1. The summed E-state index contributed by atoms with van der Waals surface area (Å²) in [5, 5.41) is 7.09. The van der Waals surface area contributed by atoms with E-state index in [4.69, 9.17) is 17.0 Å². The standard InChI is InChI=1S/C17H25N3O2S/c1-13-5-3-4-6-15(13)16(21)19-14-7-10-20(11-8-14)17(23)18-9-12-22-2/h3-6,14H,7-12H2,1-2H3,(H,18,23)(H,19,21). The number of amides is 1. The summed E-state index contributed by atoms with van der Waals surface area (Å²) in [7, 11) is 1.67. The van der Waals surface area contributed by atoms with E-state index in [0.717, 1.165) is 48.7 Å². The van der Waals surface area contributed by atoms with E-state index in [0.29, 0.717) is 6.61 Å². The summed E-state index contributed by atoms with van der Waals surface area (Å²) in [4.78, 5) is 14.5. The molecule has 0 bridgehead atoms. The van der Waals surface area contributed by atoms with Crippen molar-refractivity contribution in [1.29, 1.82) is 0 Å². The lowest BCUT2D eigenvalue weighted by molar-refractivity contribution is 0.0921. The Balaban J connectivity index is 1.77. The third-order valence-electron chi connectivity index (χ3n) is 4.09. The lowest BCUT2D eigenvalue weighted by Crippen LogP contribution is -2.49. The van der Waals surface area contributed by atoms with Crippen LogP contribution in [-0.4, -0.2) is 55.3 Å². The van der Waals surface area contributed by atoms with Gasteiger partial charge in [-0.05, 0) is 43.6 Å². The molecule has 2 N–H and O–H groups in total. The SMILES string of the molecule is COCCNC(=S)N1CCC(NC(=O)c2ccccc2C)CC1. The zero-order valence-electron chi connectivity index (χ0n) is 13.8. The van der Waals surface area contributed by atoms with Crippen LogP contribution in [0.5, 0.6) is 0 Å². The average molecular weight is 335 g/mol. The first-order valence-electron chi connectivity index (χ1n) is 8.00. The van der Waals surface area contributed by atoms with Gasteiger partial charge in [0.15, 0.2) is 5.11 Å². The summed E-state index contributed by atoms with van der Waals surface area (Å²) in [6.07, 6.45) is 1.81. The van der Waals surface area contributed by atoms with Crippen LogP contribution in [0.4, 0.5) is 0 Å². The smallest absolute Gasteiger partial charge is 0.251 e. The number of hydrogen-bond acceptors (Lipinski definition) is 3. The van der Waals surface area contributed by atoms with Gasteiger partial charge < -0.3 is 20.3 Å². The number of benzene rings is 1. The van der Waals surface area contributed by atoms with Crippen molar-refractivity contribution in [1.82, 2.24) is 15.5 Å². The van der Waals surface area contributed by atoms with Gasteiger partial charge in [-0.15, -0.1) is 0 Å². The van der Waals surface area contributed by atoms with Gasteiger partial charge in [-0.25, -0.2) is 0 Å². The Morgan fingerprint density at radius 3 is 2.70 bits per heavy atom. The van der Waals surface area contributed by atoms with Gasteiger partial charge in [0, 0.05) is 38.3 Å². The molecule has 2 rings (SSSR count). The molecule has 6 heteroatoms. The second-order valence-electron chi connectivity index (χ2n) is 5.77. The maximum atomic E-state index is 12.3. The number of rotatable bonds is 5. The number of ether oxygens (including phenoxy) is 1. The molecule has 23 heavy (non-hydrogen) atoms. The van der Waals surface area contributed by atoms with Gasteiger partial charge in [-0.1, -0.05) is 18.2 Å². The van der Waals surface area contributed by atoms with Crippen molar-refractivity contribution < 1.29 is 9.53 Å². The van der Waals surface area contributed by atoms with Crippen LogP contribution in [0, 0.1) is 6.92 Å². The highest BCUT2D eigenvalue weighted by Crippen LogP contribution is 2.13. The first kappa shape index (κ1) is 17.7. The molecule has 0 aromatic heterocycles. The van der Waals surface area contributed by atoms with E-state index < -0.39 is 0 Å². The van der Waals surface area contributed by atoms with Crippen LogP contribution in [0.3, 0.4) is 0 Å². The van der Waals surface area contributed by atoms with Gasteiger partial charge in [0.05, 0.1) is 6.61 Å². The van der Waals surface area contributed by atoms with E-state index in [2.05, 4.69) is 15.5 Å². The molecule has 1 amide bonds. The maximum Gasteiger partial charge on any atom is 0.251 e. The summed E-state index contributed by atoms with van der Waals surface area (Å²) in [5.41, 5.74) is 1.76. The van der Waals surface area contributed by atoms with Crippen molar-refractivity contribution in [3.8, 4) is 0 Å². The number of carbonyl (C=O) groups is 1. The number of aryl methyl sites for hydroxylation is 1. The van der Waals surface area contributed by atoms with Crippen LogP contribution in [-0.2, 0) is 4.74 Å². The zero-order valence-corrected chi connectivity index (χ0v) is 14.6. The molecule has 0 atom stereocenters. The second kappa shape index (κ2) is 8.84. The molecule has 126 valence electrons. The monoisotopic (exact) mass is 335 g/mol. The minimum Gasteiger partial charge on any atom is -0.383 e. The first-order valence-corrected chi connectivity index (χ1v) is 8.41. The van der Waals surface area contributed by atoms with Crippen LogP contribution in [0.15, 0.2) is 24.3 Å². The Kier molecular flexibility index (Phi) is 6.80. The van der Waals surface area contributed by atoms with Crippen LogP contribution >= 0.6 is 12.2 Å². The molecule has 1 aliphatic rings. The molecule has 1 fully saturated rings. The molecule has 1 aliphatic heterocycles. The highest BCUT2D eigenvalue weighted by Gasteiger charge is 2.22. The minimum atomic E-state index is 0.0161. The zero-order chi connectivity index (χ0) is 16.7. The molecule has 0 unspecified atom stereocenters. The van der Waals surface area contributed by atoms with E-state index in [-0.39, 0.29) is 11.9 Å². The number of methoxy groups -OCH3 is 1. The van der Waals surface area contributed by atoms with Crippen molar-refractivity contribution in [2.75, 3.05) is 33.4 Å². The number of hydrogen-bond donors (Lipinski definition) is 2. The van der Waals surface area contributed by atoms with Crippen LogP contribution in [0.2, 0.25) is 0 Å². The Hall–Kier alpha value is -1.66. The summed E-state index contributed by atoms with van der Waals surface area (Å²) < 4.78 is 5.00. The van der Waals surface area contributed by atoms with Gasteiger partial charge in [0.1, 0.15) is 0 Å². The van der Waals surface area contributed by atoms with Gasteiger partial charge in [-0.2, -0.15) is 0 Å². The molecule has 1 aromatic rings. The van der Waals surface area contributed by atoms with Crippen LogP contribution < -0.4 is 10.6 Å². The highest BCUT2D eigenvalue weighted by molar-refractivity contribution is 7.80. The third-order valence-corrected chi connectivity index (χ3v) is 4.49. The fourth-order valence-electron chi connectivity index (χ4n) is 2.69. The number of thiocarbonyl (C=S) groups is 1. The normalized spacial score (nSPS) is 15.3. The molecular weight excluding hydrogens is 310 g/mol. The Morgan fingerprint density at radius 1 is 1.35 bits per heavy atom. The van der Waals surface area contributed by atoms with E-state index in [1.54, 1.807) is 7.11 Å². The van der Waals surface area contributed by atoms with E-state index in [1.165, 1.54) is 0 Å². The summed E-state index contributed by atoms with van der Waals surface area (Å²) >= 11 is 5.38. The predicted octanol–water partition coefficient (Wildman–Crippen LogP) is 1.71. The number of piperidine rings is 1. The van der Waals surface area contributed by atoms with Crippen LogP contribution in [0.1, 0.15) is 28.8 Å². The fraction of sp³-hybridized carbons (Fsp3) is 0.529. The summed E-state index contributed by atoms with van der Waals surface area (Å²) in [6, 6.07) is 7.88. The number of likely N-dealkylation sites (tertiary alicyclic amines) is 1. The Morgan fingerprint density at radius 2 is 2.04 bits per heavy atom. The predicted molar refractivity (Wildman–Crippen MR) is 95.7 cm³/mol. The molecule has 0 aliphatic carbocycles. The topological polar surface area (TPSA) is 53.6 Å². The second-order valence-corrected chi connectivity index (χ2v) is 6.16. The molecular formula is C17H25N3O2S. The molecule has 5 nitrogen and oxygen atoms in total. The molecule has 1 heterocycles. The average Bonchev–Trinajstić information content (AvgIpc) is 2.56. The molecule has 0 spiro atoms. The van der Waals surface area contributed by atoms with E-state index >= 15 is 0 Å². The summed E-state index contributed by atoms with van der Waals surface area (Å²) in [5.74, 6) is 0.0161. The summed E-state index contributed by atoms with van der Waals surface area (Å²) in [6.45, 7) is 5.04. The Labute approximate surface area is 143 Å². The lowest BCUT2D eigenvalue weighted by atomic mass is 10.0. The van der Waals surface area contributed by atoms with Crippen molar-refractivity contribution in [3.05, 3.63) is 35.4 Å². The van der Waals surface area contributed by atoms with Crippen molar-refractivity contribution in [3.63, 3.8) is 0 Å². The molecule has 1 aromatic carbocycles. The molecule has 0 saturated carbocycles. The first-order chi connectivity index (χ1) is 11.1. The van der Waals surface area contributed by atoms with E-state index in [9.17, 15) is 4.79 Å². The van der Waals surface area contributed by atoms with Crippen molar-refractivity contribution in [2.24, 2.45) is 0 Å². The highest BCUT2D eigenvalue weighted by atomic mass is 32.1.